The SMILES string of the molecule is CCN(C(=O)c1cc(C(C)C)c(O)cc1O)c1ccc(CC2CNCCO2)cc1. The largest absolute Gasteiger partial charge is 0.508 e. The number of benzene rings is 2. The highest BCUT2D eigenvalue weighted by Gasteiger charge is 2.22. The summed E-state index contributed by atoms with van der Waals surface area (Å²) in [4.78, 5) is 14.8. The molecule has 6 heteroatoms. The Labute approximate surface area is 172 Å². The lowest BCUT2D eigenvalue weighted by molar-refractivity contribution is 0.0292. The number of phenolic OH excluding ortho intramolecular Hbond substituents is 2. The summed E-state index contributed by atoms with van der Waals surface area (Å²) in [5, 5.41) is 23.6. The molecule has 2 aromatic carbocycles. The Morgan fingerprint density at radius 1 is 1.21 bits per heavy atom. The fourth-order valence-electron chi connectivity index (χ4n) is 3.64. The van der Waals surface area contributed by atoms with Crippen LogP contribution in [0.25, 0.3) is 0 Å². The molecule has 156 valence electrons. The first kappa shape index (κ1) is 21.1. The van der Waals surface area contributed by atoms with Gasteiger partial charge in [0.1, 0.15) is 11.5 Å². The first-order valence-corrected chi connectivity index (χ1v) is 10.2. The number of anilines is 1. The van der Waals surface area contributed by atoms with Gasteiger partial charge in [0.15, 0.2) is 0 Å². The van der Waals surface area contributed by atoms with Gasteiger partial charge in [-0.1, -0.05) is 26.0 Å². The Bertz CT molecular complexity index is 843. The Balaban J connectivity index is 1.80. The Morgan fingerprint density at radius 3 is 2.52 bits per heavy atom. The molecule has 1 amide bonds. The number of nitrogens with zero attached hydrogens (tertiary/aromatic N) is 1. The molecule has 3 rings (SSSR count). The van der Waals surface area contributed by atoms with Crippen molar-refractivity contribution in [2.75, 3.05) is 31.1 Å². The summed E-state index contributed by atoms with van der Waals surface area (Å²) >= 11 is 0. The van der Waals surface area contributed by atoms with Crippen LogP contribution >= 0.6 is 0 Å². The van der Waals surface area contributed by atoms with E-state index in [4.69, 9.17) is 4.74 Å². The summed E-state index contributed by atoms with van der Waals surface area (Å²) in [5.74, 6) is -0.470. The van der Waals surface area contributed by atoms with Gasteiger partial charge in [-0.15, -0.1) is 0 Å². The number of amides is 1. The van der Waals surface area contributed by atoms with Crippen molar-refractivity contribution in [1.29, 1.82) is 0 Å². The maximum atomic E-state index is 13.1. The molecule has 3 N–H and O–H groups in total. The van der Waals surface area contributed by atoms with Crippen molar-refractivity contribution < 1.29 is 19.7 Å². The van der Waals surface area contributed by atoms with E-state index in [1.54, 1.807) is 11.0 Å². The molecular formula is C23H30N2O4. The van der Waals surface area contributed by atoms with Crippen LogP contribution in [0.5, 0.6) is 11.5 Å². The lowest BCUT2D eigenvalue weighted by Gasteiger charge is -2.25. The van der Waals surface area contributed by atoms with Gasteiger partial charge in [-0.05, 0) is 48.6 Å². The van der Waals surface area contributed by atoms with Crippen LogP contribution in [-0.2, 0) is 11.2 Å². The molecule has 2 aromatic rings. The number of ether oxygens (including phenoxy) is 1. The monoisotopic (exact) mass is 398 g/mol. The van der Waals surface area contributed by atoms with Gasteiger partial charge >= 0.3 is 0 Å². The maximum absolute atomic E-state index is 13.1. The van der Waals surface area contributed by atoms with E-state index in [0.29, 0.717) is 12.1 Å². The van der Waals surface area contributed by atoms with Gasteiger partial charge in [-0.25, -0.2) is 0 Å². The molecule has 1 aliphatic rings. The molecule has 1 atom stereocenters. The molecular weight excluding hydrogens is 368 g/mol. The van der Waals surface area contributed by atoms with Crippen LogP contribution in [0.4, 0.5) is 5.69 Å². The number of rotatable bonds is 6. The van der Waals surface area contributed by atoms with Crippen LogP contribution in [0.1, 0.15) is 48.2 Å². The number of hydrogen-bond donors (Lipinski definition) is 3. The maximum Gasteiger partial charge on any atom is 0.262 e. The smallest absolute Gasteiger partial charge is 0.262 e. The molecule has 0 radical (unpaired) electrons. The van der Waals surface area contributed by atoms with E-state index in [2.05, 4.69) is 5.32 Å². The van der Waals surface area contributed by atoms with E-state index in [-0.39, 0.29) is 35.0 Å². The van der Waals surface area contributed by atoms with Crippen molar-refractivity contribution in [3.63, 3.8) is 0 Å². The molecule has 29 heavy (non-hydrogen) atoms. The third-order valence-electron chi connectivity index (χ3n) is 5.27. The summed E-state index contributed by atoms with van der Waals surface area (Å²) in [5.41, 5.74) is 2.75. The van der Waals surface area contributed by atoms with Crippen LogP contribution in [-0.4, -0.2) is 48.5 Å². The van der Waals surface area contributed by atoms with E-state index < -0.39 is 0 Å². The van der Waals surface area contributed by atoms with Crippen molar-refractivity contribution in [3.05, 3.63) is 53.1 Å². The molecule has 0 aromatic heterocycles. The number of aromatic hydroxyl groups is 2. The Kier molecular flexibility index (Phi) is 6.77. The number of morpholine rings is 1. The van der Waals surface area contributed by atoms with Gasteiger partial charge in [0, 0.05) is 31.4 Å². The summed E-state index contributed by atoms with van der Waals surface area (Å²) in [6.07, 6.45) is 0.992. The van der Waals surface area contributed by atoms with E-state index in [1.165, 1.54) is 6.07 Å². The van der Waals surface area contributed by atoms with E-state index in [9.17, 15) is 15.0 Å². The van der Waals surface area contributed by atoms with Gasteiger partial charge in [0.05, 0.1) is 18.3 Å². The summed E-state index contributed by atoms with van der Waals surface area (Å²) in [7, 11) is 0. The third kappa shape index (κ3) is 4.89. The zero-order valence-corrected chi connectivity index (χ0v) is 17.3. The minimum atomic E-state index is -0.292. The van der Waals surface area contributed by atoms with Crippen LogP contribution < -0.4 is 10.2 Å². The second-order valence-corrected chi connectivity index (χ2v) is 7.70. The molecule has 0 saturated carbocycles. The number of phenols is 2. The molecule has 0 aliphatic carbocycles. The van der Waals surface area contributed by atoms with Gasteiger partial charge in [-0.3, -0.25) is 4.79 Å². The molecule has 1 fully saturated rings. The fourth-order valence-corrected chi connectivity index (χ4v) is 3.64. The molecule has 0 bridgehead atoms. The summed E-state index contributed by atoms with van der Waals surface area (Å²) < 4.78 is 5.75. The molecule has 1 unspecified atom stereocenters. The van der Waals surface area contributed by atoms with E-state index >= 15 is 0 Å². The molecule has 1 aliphatic heterocycles. The van der Waals surface area contributed by atoms with Gasteiger partial charge in [0.2, 0.25) is 0 Å². The lowest BCUT2D eigenvalue weighted by atomic mass is 9.98. The Hall–Kier alpha value is -2.57. The topological polar surface area (TPSA) is 82.0 Å². The predicted octanol–water partition coefficient (Wildman–Crippen LogP) is 3.42. The van der Waals surface area contributed by atoms with Crippen molar-refractivity contribution in [2.45, 2.75) is 39.2 Å². The van der Waals surface area contributed by atoms with Crippen LogP contribution in [0.3, 0.4) is 0 Å². The van der Waals surface area contributed by atoms with Crippen LogP contribution in [0.2, 0.25) is 0 Å². The highest BCUT2D eigenvalue weighted by atomic mass is 16.5. The Morgan fingerprint density at radius 2 is 1.93 bits per heavy atom. The fraction of sp³-hybridized carbons (Fsp3) is 0.435. The molecule has 1 heterocycles. The van der Waals surface area contributed by atoms with Crippen molar-refractivity contribution >= 4 is 11.6 Å². The number of nitrogens with one attached hydrogen (secondary N) is 1. The van der Waals surface area contributed by atoms with Crippen molar-refractivity contribution in [1.82, 2.24) is 5.32 Å². The van der Waals surface area contributed by atoms with Crippen molar-refractivity contribution in [2.24, 2.45) is 0 Å². The average Bonchev–Trinajstić information content (AvgIpc) is 2.70. The second kappa shape index (κ2) is 9.29. The zero-order valence-electron chi connectivity index (χ0n) is 17.3. The lowest BCUT2D eigenvalue weighted by Crippen LogP contribution is -2.39. The van der Waals surface area contributed by atoms with Crippen molar-refractivity contribution in [3.8, 4) is 11.5 Å². The third-order valence-corrected chi connectivity index (χ3v) is 5.27. The summed E-state index contributed by atoms with van der Waals surface area (Å²) in [6, 6.07) is 10.7. The minimum Gasteiger partial charge on any atom is -0.508 e. The van der Waals surface area contributed by atoms with E-state index in [0.717, 1.165) is 37.4 Å². The zero-order chi connectivity index (χ0) is 21.0. The second-order valence-electron chi connectivity index (χ2n) is 7.70. The molecule has 1 saturated heterocycles. The quantitative estimate of drug-likeness (QED) is 0.695. The van der Waals surface area contributed by atoms with E-state index in [1.807, 2.05) is 45.0 Å². The highest BCUT2D eigenvalue weighted by molar-refractivity contribution is 6.08. The highest BCUT2D eigenvalue weighted by Crippen LogP contribution is 2.33. The summed E-state index contributed by atoms with van der Waals surface area (Å²) in [6.45, 7) is 8.70. The van der Waals surface area contributed by atoms with Gasteiger partial charge in [0.25, 0.3) is 5.91 Å². The number of carbonyl (C=O) groups is 1. The standard InChI is InChI=1S/C23H30N2O4/c1-4-25(23(28)20-12-19(15(2)3)21(26)13-22(20)27)17-7-5-16(6-8-17)11-18-14-24-9-10-29-18/h5-8,12-13,15,18,24,26-27H,4,9-11,14H2,1-3H3. The average molecular weight is 399 g/mol. The first-order valence-electron chi connectivity index (χ1n) is 10.2. The number of carbonyl (C=O) groups excluding carboxylic acids is 1. The van der Waals surface area contributed by atoms with Gasteiger partial charge in [-0.2, -0.15) is 0 Å². The van der Waals surface area contributed by atoms with Gasteiger partial charge < -0.3 is 25.2 Å². The first-order chi connectivity index (χ1) is 13.9. The van der Waals surface area contributed by atoms with Crippen LogP contribution in [0, 0.1) is 0 Å². The molecule has 6 nitrogen and oxygen atoms in total. The molecule has 0 spiro atoms. The van der Waals surface area contributed by atoms with Crippen LogP contribution in [0.15, 0.2) is 36.4 Å². The normalized spacial score (nSPS) is 16.8. The minimum absolute atomic E-state index is 0.000808. The predicted molar refractivity (Wildman–Crippen MR) is 114 cm³/mol. The number of hydrogen-bond acceptors (Lipinski definition) is 5.